The van der Waals surface area contributed by atoms with Gasteiger partial charge in [-0.05, 0) is 62.4 Å². The van der Waals surface area contributed by atoms with E-state index in [1.807, 2.05) is 27.7 Å². The molecule has 17 heavy (non-hydrogen) atoms. The highest BCUT2D eigenvalue weighted by Crippen LogP contribution is 2.49. The Morgan fingerprint density at radius 3 is 1.88 bits per heavy atom. The lowest BCUT2D eigenvalue weighted by Crippen LogP contribution is -2.35. The second kappa shape index (κ2) is 8.97. The van der Waals surface area contributed by atoms with E-state index in [1.165, 1.54) is 45.2 Å². The minimum Gasteiger partial charge on any atom is -0.317 e. The molecule has 2 aliphatic rings. The van der Waals surface area contributed by atoms with E-state index in [0.29, 0.717) is 0 Å². The normalized spacial score (nSPS) is 25.9. The van der Waals surface area contributed by atoms with Crippen molar-refractivity contribution in [2.24, 2.45) is 17.3 Å². The predicted octanol–water partition coefficient (Wildman–Crippen LogP) is 4.86. The molecule has 1 aliphatic carbocycles. The Hall–Kier alpha value is -0.0400. The van der Waals surface area contributed by atoms with E-state index in [0.717, 1.165) is 17.3 Å². The molecular weight excluding hydrogens is 206 g/mol. The molecule has 1 saturated carbocycles. The van der Waals surface area contributed by atoms with Crippen LogP contribution in [0.2, 0.25) is 0 Å². The van der Waals surface area contributed by atoms with Gasteiger partial charge in [0.25, 0.3) is 0 Å². The highest BCUT2D eigenvalue weighted by Gasteiger charge is 2.40. The van der Waals surface area contributed by atoms with Crippen LogP contribution in [0.15, 0.2) is 0 Å². The third-order valence-corrected chi connectivity index (χ3v) is 4.35. The molecule has 1 unspecified atom stereocenters. The van der Waals surface area contributed by atoms with Gasteiger partial charge in [0.2, 0.25) is 0 Å². The SMILES string of the molecule is CC.CC.CC(C)C1CCC2(CCNCC2)C1. The summed E-state index contributed by atoms with van der Waals surface area (Å²) < 4.78 is 0. The molecule has 0 aromatic rings. The van der Waals surface area contributed by atoms with E-state index < -0.39 is 0 Å². The first kappa shape index (κ1) is 17.0. The first-order valence-corrected chi connectivity index (χ1v) is 7.93. The van der Waals surface area contributed by atoms with Gasteiger partial charge in [-0.15, -0.1) is 0 Å². The number of piperidine rings is 1. The predicted molar refractivity (Wildman–Crippen MR) is 79.4 cm³/mol. The van der Waals surface area contributed by atoms with Crippen molar-refractivity contribution in [3.05, 3.63) is 0 Å². The molecule has 1 heterocycles. The van der Waals surface area contributed by atoms with Gasteiger partial charge in [0.15, 0.2) is 0 Å². The number of rotatable bonds is 1. The molecule has 0 aromatic carbocycles. The van der Waals surface area contributed by atoms with Crippen LogP contribution >= 0.6 is 0 Å². The zero-order valence-electron chi connectivity index (χ0n) is 13.1. The maximum absolute atomic E-state index is 3.48. The van der Waals surface area contributed by atoms with Gasteiger partial charge in [-0.1, -0.05) is 41.5 Å². The van der Waals surface area contributed by atoms with E-state index in [-0.39, 0.29) is 0 Å². The summed E-state index contributed by atoms with van der Waals surface area (Å²) in [7, 11) is 0. The maximum Gasteiger partial charge on any atom is -0.00436 e. The lowest BCUT2D eigenvalue weighted by atomic mass is 9.76. The van der Waals surface area contributed by atoms with Crippen LogP contribution in [0, 0.1) is 17.3 Å². The smallest absolute Gasteiger partial charge is 0.00436 e. The van der Waals surface area contributed by atoms with Gasteiger partial charge in [-0.2, -0.15) is 0 Å². The monoisotopic (exact) mass is 241 g/mol. The van der Waals surface area contributed by atoms with Crippen molar-refractivity contribution in [2.75, 3.05) is 13.1 Å². The van der Waals surface area contributed by atoms with Crippen molar-refractivity contribution in [1.82, 2.24) is 5.32 Å². The molecule has 0 bridgehead atoms. The number of hydrogen-bond acceptors (Lipinski definition) is 1. The first-order chi connectivity index (χ1) is 8.22. The average molecular weight is 241 g/mol. The maximum atomic E-state index is 3.48. The summed E-state index contributed by atoms with van der Waals surface area (Å²) in [6.45, 7) is 15.3. The summed E-state index contributed by atoms with van der Waals surface area (Å²) >= 11 is 0. The van der Waals surface area contributed by atoms with Crippen molar-refractivity contribution in [3.63, 3.8) is 0 Å². The Balaban J connectivity index is 0.000000581. The fourth-order valence-corrected chi connectivity index (χ4v) is 3.23. The van der Waals surface area contributed by atoms with Crippen LogP contribution in [-0.4, -0.2) is 13.1 Å². The fourth-order valence-electron chi connectivity index (χ4n) is 3.23. The summed E-state index contributed by atoms with van der Waals surface area (Å²) in [5.74, 6) is 1.94. The van der Waals surface area contributed by atoms with Gasteiger partial charge < -0.3 is 5.32 Å². The highest BCUT2D eigenvalue weighted by molar-refractivity contribution is 4.92. The van der Waals surface area contributed by atoms with Gasteiger partial charge >= 0.3 is 0 Å². The van der Waals surface area contributed by atoms with E-state index in [4.69, 9.17) is 0 Å². The van der Waals surface area contributed by atoms with Crippen molar-refractivity contribution >= 4 is 0 Å². The summed E-state index contributed by atoms with van der Waals surface area (Å²) in [5.41, 5.74) is 0.764. The summed E-state index contributed by atoms with van der Waals surface area (Å²) in [5, 5.41) is 3.48. The zero-order valence-corrected chi connectivity index (χ0v) is 13.1. The molecule has 1 N–H and O–H groups in total. The quantitative estimate of drug-likeness (QED) is 0.691. The van der Waals surface area contributed by atoms with Crippen LogP contribution in [-0.2, 0) is 0 Å². The van der Waals surface area contributed by atoms with Crippen molar-refractivity contribution in [1.29, 1.82) is 0 Å². The first-order valence-electron chi connectivity index (χ1n) is 7.93. The third kappa shape index (κ3) is 4.99. The Labute approximate surface area is 110 Å². The van der Waals surface area contributed by atoms with E-state index in [2.05, 4.69) is 19.2 Å². The van der Waals surface area contributed by atoms with Crippen LogP contribution in [0.1, 0.15) is 73.6 Å². The molecule has 2 fully saturated rings. The molecule has 1 spiro atoms. The Morgan fingerprint density at radius 1 is 0.941 bits per heavy atom. The molecule has 104 valence electrons. The Kier molecular flexibility index (Phi) is 8.94. The molecule has 1 saturated heterocycles. The van der Waals surface area contributed by atoms with Gasteiger partial charge in [0.1, 0.15) is 0 Å². The standard InChI is InChI=1S/C12H23N.2C2H6/c1-10(2)11-3-4-12(9-11)5-7-13-8-6-12;2*1-2/h10-11,13H,3-9H2,1-2H3;2*1-2H3. The molecule has 2 rings (SSSR count). The summed E-state index contributed by atoms with van der Waals surface area (Å²) in [6, 6.07) is 0. The zero-order chi connectivity index (χ0) is 13.3. The third-order valence-electron chi connectivity index (χ3n) is 4.35. The largest absolute Gasteiger partial charge is 0.317 e. The van der Waals surface area contributed by atoms with Crippen LogP contribution in [0.4, 0.5) is 0 Å². The lowest BCUT2D eigenvalue weighted by molar-refractivity contribution is 0.194. The van der Waals surface area contributed by atoms with Crippen molar-refractivity contribution < 1.29 is 0 Å². The van der Waals surface area contributed by atoms with Crippen molar-refractivity contribution in [3.8, 4) is 0 Å². The highest BCUT2D eigenvalue weighted by atomic mass is 14.9. The summed E-state index contributed by atoms with van der Waals surface area (Å²) in [6.07, 6.45) is 7.41. The number of hydrogen-bond donors (Lipinski definition) is 1. The van der Waals surface area contributed by atoms with Gasteiger partial charge in [0.05, 0.1) is 0 Å². The van der Waals surface area contributed by atoms with Crippen molar-refractivity contribution in [2.45, 2.75) is 73.6 Å². The van der Waals surface area contributed by atoms with Gasteiger partial charge in [0, 0.05) is 0 Å². The molecule has 0 amide bonds. The topological polar surface area (TPSA) is 12.0 Å². The van der Waals surface area contributed by atoms with E-state index in [1.54, 1.807) is 0 Å². The fraction of sp³-hybridized carbons (Fsp3) is 1.00. The molecule has 1 nitrogen and oxygen atoms in total. The molecular formula is C16H35N. The minimum absolute atomic E-state index is 0.764. The molecule has 1 aliphatic heterocycles. The summed E-state index contributed by atoms with van der Waals surface area (Å²) in [4.78, 5) is 0. The second-order valence-corrected chi connectivity index (χ2v) is 5.50. The lowest BCUT2D eigenvalue weighted by Gasteiger charge is -2.34. The van der Waals surface area contributed by atoms with Gasteiger partial charge in [-0.3, -0.25) is 0 Å². The number of nitrogens with one attached hydrogen (secondary N) is 1. The molecule has 0 aromatic heterocycles. The van der Waals surface area contributed by atoms with E-state index in [9.17, 15) is 0 Å². The molecule has 1 heteroatoms. The van der Waals surface area contributed by atoms with Gasteiger partial charge in [-0.25, -0.2) is 0 Å². The van der Waals surface area contributed by atoms with E-state index >= 15 is 0 Å². The van der Waals surface area contributed by atoms with Crippen LogP contribution < -0.4 is 5.32 Å². The molecule has 0 radical (unpaired) electrons. The Bertz CT molecular complexity index is 168. The molecule has 1 atom stereocenters. The van der Waals surface area contributed by atoms with Crippen LogP contribution in [0.5, 0.6) is 0 Å². The second-order valence-electron chi connectivity index (χ2n) is 5.50. The average Bonchev–Trinajstić information content (AvgIpc) is 2.79. The Morgan fingerprint density at radius 2 is 1.47 bits per heavy atom. The van der Waals surface area contributed by atoms with Crippen LogP contribution in [0.25, 0.3) is 0 Å². The van der Waals surface area contributed by atoms with Crippen LogP contribution in [0.3, 0.4) is 0 Å². The minimum atomic E-state index is 0.764.